The zero-order valence-corrected chi connectivity index (χ0v) is 10.8. The van der Waals surface area contributed by atoms with Crippen molar-refractivity contribution < 1.29 is 0 Å². The summed E-state index contributed by atoms with van der Waals surface area (Å²) in [5.41, 5.74) is 0. The summed E-state index contributed by atoms with van der Waals surface area (Å²) in [6, 6.07) is 0. The lowest BCUT2D eigenvalue weighted by atomic mass is 9.90. The molecule has 0 nitrogen and oxygen atoms in total. The molecule has 2 aliphatic carbocycles. The first kappa shape index (κ1) is 13.5. The smallest absolute Gasteiger partial charge is 0.0236 e. The highest BCUT2D eigenvalue weighted by molar-refractivity contribution is 4.81. The molecule has 0 unspecified atom stereocenters. The van der Waals surface area contributed by atoms with Crippen LogP contribution in [-0.2, 0) is 0 Å². The van der Waals surface area contributed by atoms with Gasteiger partial charge < -0.3 is 0 Å². The minimum atomic E-state index is 0.851. The minimum Gasteiger partial charge on any atom is -0.103 e. The van der Waals surface area contributed by atoms with E-state index in [-0.39, 0.29) is 0 Å². The lowest BCUT2D eigenvalue weighted by molar-refractivity contribution is 0.420. The number of hydrogen-bond donors (Lipinski definition) is 0. The standard InChI is InChI=1S/2C8H14/c2*1-2-8-6-4-3-5-7-8/h2*2,8H,1,3-7H2. The summed E-state index contributed by atoms with van der Waals surface area (Å²) in [6.45, 7) is 7.57. The van der Waals surface area contributed by atoms with E-state index in [1.54, 1.807) is 0 Å². The van der Waals surface area contributed by atoms with E-state index in [0.717, 1.165) is 11.8 Å². The van der Waals surface area contributed by atoms with Gasteiger partial charge in [-0.25, -0.2) is 0 Å². The Balaban J connectivity index is 0.000000160. The molecule has 2 rings (SSSR count). The quantitative estimate of drug-likeness (QED) is 0.539. The van der Waals surface area contributed by atoms with Crippen LogP contribution in [0, 0.1) is 11.8 Å². The van der Waals surface area contributed by atoms with Crippen LogP contribution in [0.5, 0.6) is 0 Å². The van der Waals surface area contributed by atoms with E-state index in [1.807, 2.05) is 0 Å². The number of allylic oxidation sites excluding steroid dienone is 2. The summed E-state index contributed by atoms with van der Waals surface area (Å²) in [6.07, 6.45) is 18.4. The molecule has 0 bridgehead atoms. The summed E-state index contributed by atoms with van der Waals surface area (Å²) >= 11 is 0. The fourth-order valence-corrected chi connectivity index (χ4v) is 2.74. The molecular formula is C16H28. The van der Waals surface area contributed by atoms with Crippen molar-refractivity contribution in [2.24, 2.45) is 11.8 Å². The van der Waals surface area contributed by atoms with Crippen molar-refractivity contribution in [3.05, 3.63) is 25.3 Å². The van der Waals surface area contributed by atoms with Crippen molar-refractivity contribution in [3.8, 4) is 0 Å². The van der Waals surface area contributed by atoms with Crippen LogP contribution in [0.2, 0.25) is 0 Å². The highest BCUT2D eigenvalue weighted by Crippen LogP contribution is 2.24. The maximum atomic E-state index is 3.78. The van der Waals surface area contributed by atoms with Gasteiger partial charge in [0.1, 0.15) is 0 Å². The Hall–Kier alpha value is -0.520. The summed E-state index contributed by atoms with van der Waals surface area (Å²) in [5, 5.41) is 0. The molecule has 0 saturated heterocycles. The van der Waals surface area contributed by atoms with E-state index >= 15 is 0 Å². The van der Waals surface area contributed by atoms with Crippen LogP contribution < -0.4 is 0 Å². The van der Waals surface area contributed by atoms with Gasteiger partial charge in [0, 0.05) is 0 Å². The molecule has 0 radical (unpaired) electrons. The first-order valence-electron chi connectivity index (χ1n) is 7.12. The van der Waals surface area contributed by atoms with Crippen molar-refractivity contribution in [2.45, 2.75) is 64.2 Å². The molecule has 0 amide bonds. The van der Waals surface area contributed by atoms with Gasteiger partial charge in [-0.3, -0.25) is 0 Å². The van der Waals surface area contributed by atoms with E-state index in [4.69, 9.17) is 0 Å². The number of rotatable bonds is 2. The van der Waals surface area contributed by atoms with Crippen molar-refractivity contribution in [1.82, 2.24) is 0 Å². The molecule has 0 heteroatoms. The van der Waals surface area contributed by atoms with Crippen molar-refractivity contribution >= 4 is 0 Å². The van der Waals surface area contributed by atoms with Gasteiger partial charge in [-0.15, -0.1) is 13.2 Å². The molecule has 2 saturated carbocycles. The van der Waals surface area contributed by atoms with Crippen LogP contribution in [0.15, 0.2) is 25.3 Å². The summed E-state index contributed by atoms with van der Waals surface area (Å²) in [7, 11) is 0. The van der Waals surface area contributed by atoms with E-state index in [0.29, 0.717) is 0 Å². The van der Waals surface area contributed by atoms with Crippen molar-refractivity contribution in [3.63, 3.8) is 0 Å². The van der Waals surface area contributed by atoms with Gasteiger partial charge in [0.25, 0.3) is 0 Å². The van der Waals surface area contributed by atoms with Gasteiger partial charge in [-0.1, -0.05) is 50.7 Å². The van der Waals surface area contributed by atoms with Gasteiger partial charge >= 0.3 is 0 Å². The fourth-order valence-electron chi connectivity index (χ4n) is 2.74. The third-order valence-electron chi connectivity index (χ3n) is 3.97. The predicted molar refractivity (Wildman–Crippen MR) is 73.5 cm³/mol. The summed E-state index contributed by atoms with van der Waals surface area (Å²) in [5.74, 6) is 1.70. The predicted octanol–water partition coefficient (Wildman–Crippen LogP) is 5.51. The molecule has 0 heterocycles. The van der Waals surface area contributed by atoms with E-state index < -0.39 is 0 Å². The summed E-state index contributed by atoms with van der Waals surface area (Å²) in [4.78, 5) is 0. The molecule has 0 aromatic heterocycles. The fraction of sp³-hybridized carbons (Fsp3) is 0.750. The first-order chi connectivity index (χ1) is 7.86. The Morgan fingerprint density at radius 2 is 0.875 bits per heavy atom. The molecule has 92 valence electrons. The molecule has 0 aromatic rings. The Bertz CT molecular complexity index is 158. The van der Waals surface area contributed by atoms with Crippen LogP contribution in [0.25, 0.3) is 0 Å². The maximum absolute atomic E-state index is 3.78. The number of hydrogen-bond acceptors (Lipinski definition) is 0. The molecule has 0 spiro atoms. The average molecular weight is 220 g/mol. The van der Waals surface area contributed by atoms with Crippen LogP contribution in [-0.4, -0.2) is 0 Å². The SMILES string of the molecule is C=CC1CCCCC1.C=CC1CCCCC1. The zero-order chi connectivity index (χ0) is 11.6. The second-order valence-corrected chi connectivity index (χ2v) is 5.27. The Morgan fingerprint density at radius 3 is 1.06 bits per heavy atom. The third-order valence-corrected chi connectivity index (χ3v) is 3.97. The molecule has 0 N–H and O–H groups in total. The zero-order valence-electron chi connectivity index (χ0n) is 10.8. The van der Waals surface area contributed by atoms with Crippen LogP contribution >= 0.6 is 0 Å². The molecular weight excluding hydrogens is 192 g/mol. The second kappa shape index (κ2) is 8.61. The average Bonchev–Trinajstić information content (AvgIpc) is 2.41. The van der Waals surface area contributed by atoms with Crippen LogP contribution in [0.4, 0.5) is 0 Å². The molecule has 0 aliphatic heterocycles. The second-order valence-electron chi connectivity index (χ2n) is 5.27. The maximum Gasteiger partial charge on any atom is -0.0236 e. The van der Waals surface area contributed by atoms with Crippen molar-refractivity contribution in [2.75, 3.05) is 0 Å². The van der Waals surface area contributed by atoms with Gasteiger partial charge in [0.15, 0.2) is 0 Å². The van der Waals surface area contributed by atoms with Gasteiger partial charge in [-0.05, 0) is 37.5 Å². The van der Waals surface area contributed by atoms with Gasteiger partial charge in [0.2, 0.25) is 0 Å². The highest BCUT2D eigenvalue weighted by atomic mass is 14.1. The third kappa shape index (κ3) is 5.53. The van der Waals surface area contributed by atoms with E-state index in [1.165, 1.54) is 64.2 Å². The lowest BCUT2D eigenvalue weighted by Gasteiger charge is -2.16. The molecule has 16 heavy (non-hydrogen) atoms. The van der Waals surface area contributed by atoms with Crippen LogP contribution in [0.1, 0.15) is 64.2 Å². The van der Waals surface area contributed by atoms with Gasteiger partial charge in [-0.2, -0.15) is 0 Å². The van der Waals surface area contributed by atoms with E-state index in [2.05, 4.69) is 25.3 Å². The topological polar surface area (TPSA) is 0 Å². The Morgan fingerprint density at radius 1 is 0.562 bits per heavy atom. The van der Waals surface area contributed by atoms with Gasteiger partial charge in [0.05, 0.1) is 0 Å². The Labute approximate surface area is 102 Å². The monoisotopic (exact) mass is 220 g/mol. The first-order valence-corrected chi connectivity index (χ1v) is 7.12. The summed E-state index contributed by atoms with van der Waals surface area (Å²) < 4.78 is 0. The van der Waals surface area contributed by atoms with Crippen LogP contribution in [0.3, 0.4) is 0 Å². The lowest BCUT2D eigenvalue weighted by Crippen LogP contribution is -2.01. The molecule has 0 aromatic carbocycles. The van der Waals surface area contributed by atoms with Crippen molar-refractivity contribution in [1.29, 1.82) is 0 Å². The minimum absolute atomic E-state index is 0.851. The molecule has 2 fully saturated rings. The largest absolute Gasteiger partial charge is 0.103 e. The normalized spacial score (nSPS) is 23.0. The molecule has 2 aliphatic rings. The Kier molecular flexibility index (Phi) is 7.29. The highest BCUT2D eigenvalue weighted by Gasteiger charge is 2.08. The molecule has 0 atom stereocenters. The van der Waals surface area contributed by atoms with E-state index in [9.17, 15) is 0 Å².